The van der Waals surface area contributed by atoms with E-state index in [0.29, 0.717) is 25.5 Å². The van der Waals surface area contributed by atoms with E-state index in [1.165, 1.54) is 23.5 Å². The summed E-state index contributed by atoms with van der Waals surface area (Å²) < 4.78 is 11.9. The van der Waals surface area contributed by atoms with Crippen LogP contribution < -0.4 is 9.47 Å². The summed E-state index contributed by atoms with van der Waals surface area (Å²) in [5, 5.41) is 18.7. The van der Waals surface area contributed by atoms with Crippen molar-refractivity contribution in [3.05, 3.63) is 21.9 Å². The molecule has 36 heavy (non-hydrogen) atoms. The number of nitrogens with zero attached hydrogens (tertiary/aromatic N) is 2. The van der Waals surface area contributed by atoms with Gasteiger partial charge in [0.2, 0.25) is 0 Å². The van der Waals surface area contributed by atoms with Crippen molar-refractivity contribution in [2.75, 3.05) is 0 Å². The van der Waals surface area contributed by atoms with Gasteiger partial charge >= 0.3 is 11.9 Å². The Balaban J connectivity index is 2.27. The van der Waals surface area contributed by atoms with E-state index in [4.69, 9.17) is 9.47 Å². The second-order valence-electron chi connectivity index (χ2n) is 11.9. The van der Waals surface area contributed by atoms with Crippen LogP contribution in [-0.2, 0) is 9.59 Å². The predicted molar refractivity (Wildman–Crippen MR) is 143 cm³/mol. The van der Waals surface area contributed by atoms with Crippen molar-refractivity contribution in [3.63, 3.8) is 0 Å². The van der Waals surface area contributed by atoms with E-state index >= 15 is 0 Å². The number of ether oxygens (including phenoxy) is 2. The molecule has 2 rings (SSSR count). The zero-order chi connectivity index (χ0) is 27.3. The lowest BCUT2D eigenvalue weighted by molar-refractivity contribution is -0.137. The van der Waals surface area contributed by atoms with Gasteiger partial charge in [0.15, 0.2) is 0 Å². The van der Waals surface area contributed by atoms with Gasteiger partial charge in [-0.3, -0.25) is 9.59 Å². The van der Waals surface area contributed by atoms with E-state index in [0.717, 1.165) is 12.8 Å². The first-order valence-electron chi connectivity index (χ1n) is 12.1. The number of benzene rings is 1. The molecule has 0 aromatic heterocycles. The molecular formula is C28H36N2O4S2. The van der Waals surface area contributed by atoms with Crippen LogP contribution in [0.1, 0.15) is 81.1 Å². The highest BCUT2D eigenvalue weighted by molar-refractivity contribution is 8.24. The summed E-state index contributed by atoms with van der Waals surface area (Å²) in [6.45, 7) is 16.9. The summed E-state index contributed by atoms with van der Waals surface area (Å²) in [5.41, 5.74) is 0.176. The molecule has 0 N–H and O–H groups in total. The molecule has 2 atom stereocenters. The van der Waals surface area contributed by atoms with E-state index in [-0.39, 0.29) is 53.0 Å². The fourth-order valence-electron chi connectivity index (χ4n) is 4.44. The summed E-state index contributed by atoms with van der Waals surface area (Å²) in [5.74, 6) is 0.282. The molecule has 8 heteroatoms. The Morgan fingerprint density at radius 2 is 1.17 bits per heavy atom. The van der Waals surface area contributed by atoms with Crippen molar-refractivity contribution in [3.8, 4) is 23.6 Å². The Hall–Kier alpha value is -2.42. The molecule has 0 aliphatic carbocycles. The average molecular weight is 529 g/mol. The van der Waals surface area contributed by atoms with Crippen LogP contribution in [0, 0.1) is 45.3 Å². The Bertz CT molecular complexity index is 1030. The van der Waals surface area contributed by atoms with Gasteiger partial charge in [-0.25, -0.2) is 0 Å². The molecular weight excluding hydrogens is 492 g/mol. The van der Waals surface area contributed by atoms with Gasteiger partial charge in [0.25, 0.3) is 0 Å². The Morgan fingerprint density at radius 3 is 1.47 bits per heavy atom. The topological polar surface area (TPSA) is 100 Å². The fraction of sp³-hybridized carbons (Fsp3) is 0.571. The summed E-state index contributed by atoms with van der Waals surface area (Å²) in [6, 6.07) is 7.04. The molecule has 6 nitrogen and oxygen atoms in total. The first-order chi connectivity index (χ1) is 16.6. The van der Waals surface area contributed by atoms with Crippen molar-refractivity contribution in [2.45, 2.75) is 90.9 Å². The summed E-state index contributed by atoms with van der Waals surface area (Å²) in [4.78, 5) is 26.5. The van der Waals surface area contributed by atoms with Crippen molar-refractivity contribution in [1.82, 2.24) is 0 Å². The Labute approximate surface area is 223 Å². The van der Waals surface area contributed by atoms with E-state index < -0.39 is 0 Å². The van der Waals surface area contributed by atoms with Crippen LogP contribution in [0.15, 0.2) is 31.7 Å². The van der Waals surface area contributed by atoms with Crippen LogP contribution in [-0.4, -0.2) is 11.9 Å². The van der Waals surface area contributed by atoms with Crippen molar-refractivity contribution in [1.29, 1.82) is 10.5 Å². The first-order valence-corrected chi connectivity index (χ1v) is 13.7. The van der Waals surface area contributed by atoms with Crippen LogP contribution in [0.4, 0.5) is 0 Å². The van der Waals surface area contributed by atoms with Crippen LogP contribution in [0.3, 0.4) is 0 Å². The summed E-state index contributed by atoms with van der Waals surface area (Å²) >= 11 is 2.37. The van der Waals surface area contributed by atoms with Crippen LogP contribution in [0.2, 0.25) is 0 Å². The number of hydrogen-bond acceptors (Lipinski definition) is 8. The Kier molecular flexibility index (Phi) is 10.1. The van der Waals surface area contributed by atoms with Gasteiger partial charge in [-0.2, -0.15) is 10.5 Å². The van der Waals surface area contributed by atoms with E-state index in [2.05, 4.69) is 41.5 Å². The second-order valence-corrected chi connectivity index (χ2v) is 14.2. The van der Waals surface area contributed by atoms with Crippen molar-refractivity contribution >= 4 is 35.5 Å². The third kappa shape index (κ3) is 9.22. The van der Waals surface area contributed by atoms with Gasteiger partial charge in [0.05, 0.1) is 14.0 Å². The molecule has 0 fully saturated rings. The van der Waals surface area contributed by atoms with Crippen LogP contribution in [0.25, 0.3) is 0 Å². The zero-order valence-corrected chi connectivity index (χ0v) is 24.1. The minimum absolute atomic E-state index is 0.0339. The van der Waals surface area contributed by atoms with Gasteiger partial charge in [-0.05, 0) is 47.6 Å². The van der Waals surface area contributed by atoms with Gasteiger partial charge in [-0.15, -0.1) is 0 Å². The van der Waals surface area contributed by atoms with E-state index in [1.807, 2.05) is 26.0 Å². The molecule has 0 amide bonds. The molecule has 0 bridgehead atoms. The molecule has 0 saturated carbocycles. The molecule has 1 aliphatic heterocycles. The molecule has 0 saturated heterocycles. The highest BCUT2D eigenvalue weighted by atomic mass is 32.2. The third-order valence-corrected chi connectivity index (χ3v) is 7.88. The van der Waals surface area contributed by atoms with Gasteiger partial charge in [-0.1, -0.05) is 78.9 Å². The molecule has 0 spiro atoms. The standard InChI is InChI=1S/C28H36N2O4S2/c1-17(13-27(3,4)5)11-22(31)33-20-9-10-21(34-23(32)12-18(2)14-28(6,7)8)25-24(20)35-26(36-25)19(15-29)16-30/h9-10,17-18H,11-14H2,1-8H3. The SMILES string of the molecule is CC(CC(=O)Oc1ccc(OC(=O)CC(C)CC(C)(C)C)c2c1SC(=C(C#N)C#N)S2)CC(C)(C)C. The summed E-state index contributed by atoms with van der Waals surface area (Å²) in [6.07, 6.45) is 2.31. The number of carbonyl (C=O) groups excluding carboxylic acids is 2. The van der Waals surface area contributed by atoms with Gasteiger partial charge < -0.3 is 9.47 Å². The highest BCUT2D eigenvalue weighted by Crippen LogP contribution is 2.59. The second kappa shape index (κ2) is 12.2. The van der Waals surface area contributed by atoms with E-state index in [1.54, 1.807) is 12.1 Å². The maximum atomic E-state index is 12.7. The summed E-state index contributed by atoms with van der Waals surface area (Å²) in [7, 11) is 0. The average Bonchev–Trinajstić information content (AvgIpc) is 3.13. The fourth-order valence-corrected chi connectivity index (χ4v) is 6.92. The number of carbonyl (C=O) groups is 2. The number of fused-ring (bicyclic) bond motifs is 1. The van der Waals surface area contributed by atoms with Gasteiger partial charge in [0.1, 0.15) is 29.2 Å². The number of allylic oxidation sites excluding steroid dienone is 1. The molecule has 1 aromatic rings. The van der Waals surface area contributed by atoms with Crippen LogP contribution >= 0.6 is 23.5 Å². The molecule has 2 unspecified atom stereocenters. The first kappa shape index (κ1) is 29.8. The monoisotopic (exact) mass is 528 g/mol. The minimum atomic E-state index is -0.349. The number of nitriles is 2. The number of rotatable bonds is 8. The number of esters is 2. The predicted octanol–water partition coefficient (Wildman–Crippen LogP) is 7.88. The number of hydrogen-bond donors (Lipinski definition) is 0. The highest BCUT2D eigenvalue weighted by Gasteiger charge is 2.31. The smallest absolute Gasteiger partial charge is 0.311 e. The maximum absolute atomic E-state index is 12.7. The van der Waals surface area contributed by atoms with Crippen molar-refractivity contribution in [2.24, 2.45) is 22.7 Å². The van der Waals surface area contributed by atoms with Crippen LogP contribution in [0.5, 0.6) is 11.5 Å². The zero-order valence-electron chi connectivity index (χ0n) is 22.5. The molecule has 1 heterocycles. The molecule has 194 valence electrons. The Morgan fingerprint density at radius 1 is 0.806 bits per heavy atom. The molecule has 1 aromatic carbocycles. The lowest BCUT2D eigenvalue weighted by atomic mass is 9.84. The molecule has 1 aliphatic rings. The molecule has 0 radical (unpaired) electrons. The normalized spacial score (nSPS) is 14.8. The van der Waals surface area contributed by atoms with Gasteiger partial charge in [0, 0.05) is 12.8 Å². The largest absolute Gasteiger partial charge is 0.425 e. The van der Waals surface area contributed by atoms with E-state index in [9.17, 15) is 20.1 Å². The lowest BCUT2D eigenvalue weighted by Crippen LogP contribution is -2.18. The quantitative estimate of drug-likeness (QED) is 0.191. The third-order valence-electron chi connectivity index (χ3n) is 5.26. The maximum Gasteiger partial charge on any atom is 0.311 e. The lowest BCUT2D eigenvalue weighted by Gasteiger charge is -2.23. The van der Waals surface area contributed by atoms with Crippen molar-refractivity contribution < 1.29 is 19.1 Å². The minimum Gasteiger partial charge on any atom is -0.425 e. The number of thioether (sulfide) groups is 2.